The molecule has 0 amide bonds. The molecule has 0 aliphatic heterocycles. The first kappa shape index (κ1) is 33.2. The number of furan rings is 1. The van der Waals surface area contributed by atoms with Crippen molar-refractivity contribution in [2.45, 2.75) is 0 Å². The van der Waals surface area contributed by atoms with Crippen LogP contribution >= 0.6 is 0 Å². The zero-order valence-electron chi connectivity index (χ0n) is 30.8. The molecule has 0 atom stereocenters. The van der Waals surface area contributed by atoms with Crippen LogP contribution in [0.1, 0.15) is 0 Å². The summed E-state index contributed by atoms with van der Waals surface area (Å²) in [7, 11) is 0. The highest BCUT2D eigenvalue weighted by atomic mass is 16.3. The molecule has 0 radical (unpaired) electrons. The van der Waals surface area contributed by atoms with Crippen molar-refractivity contribution in [1.29, 1.82) is 0 Å². The Kier molecular flexibility index (Phi) is 8.16. The Labute approximate surface area is 325 Å². The van der Waals surface area contributed by atoms with Crippen molar-refractivity contribution < 1.29 is 4.42 Å². The number of rotatable bonds is 7. The summed E-state index contributed by atoms with van der Waals surface area (Å²) in [5.74, 6) is 0. The quantitative estimate of drug-likeness (QED) is 0.163. The van der Waals surface area contributed by atoms with Gasteiger partial charge in [-0.15, -0.1) is 0 Å². The molecular formula is C54H37NO. The first-order valence-electron chi connectivity index (χ1n) is 19.0. The maximum absolute atomic E-state index is 6.40. The molecule has 9 aromatic carbocycles. The van der Waals surface area contributed by atoms with E-state index in [-0.39, 0.29) is 0 Å². The van der Waals surface area contributed by atoms with Crippen LogP contribution in [0.15, 0.2) is 211 Å². The summed E-state index contributed by atoms with van der Waals surface area (Å²) >= 11 is 0. The van der Waals surface area contributed by atoms with Crippen LogP contribution in [0.25, 0.3) is 89.1 Å². The van der Waals surface area contributed by atoms with Gasteiger partial charge < -0.3 is 9.32 Å². The minimum Gasteiger partial charge on any atom is -0.456 e. The molecule has 0 aliphatic rings. The molecule has 264 valence electrons. The maximum atomic E-state index is 6.40. The third kappa shape index (κ3) is 5.76. The number of para-hydroxylation sites is 1. The van der Waals surface area contributed by atoms with Gasteiger partial charge in [0, 0.05) is 27.2 Å². The molecule has 10 aromatic rings. The number of hydrogen-bond donors (Lipinski definition) is 0. The van der Waals surface area contributed by atoms with Gasteiger partial charge in [0.15, 0.2) is 0 Å². The van der Waals surface area contributed by atoms with E-state index >= 15 is 0 Å². The molecule has 2 heteroatoms. The molecule has 0 saturated carbocycles. The van der Waals surface area contributed by atoms with Gasteiger partial charge in [-0.3, -0.25) is 0 Å². The van der Waals surface area contributed by atoms with Crippen molar-refractivity contribution >= 4 is 67.1 Å². The summed E-state index contributed by atoms with van der Waals surface area (Å²) in [5.41, 5.74) is 11.7. The highest BCUT2D eigenvalue weighted by Gasteiger charge is 2.20. The van der Waals surface area contributed by atoms with E-state index < -0.39 is 0 Å². The van der Waals surface area contributed by atoms with Gasteiger partial charge in [0.1, 0.15) is 11.2 Å². The van der Waals surface area contributed by atoms with E-state index in [0.29, 0.717) is 0 Å². The molecule has 0 bridgehead atoms. The van der Waals surface area contributed by atoms with Gasteiger partial charge >= 0.3 is 0 Å². The molecular weight excluding hydrogens is 679 g/mol. The van der Waals surface area contributed by atoms with E-state index in [9.17, 15) is 0 Å². The van der Waals surface area contributed by atoms with E-state index in [1.54, 1.807) is 0 Å². The van der Waals surface area contributed by atoms with Crippen LogP contribution in [0.5, 0.6) is 0 Å². The first-order valence-corrected chi connectivity index (χ1v) is 19.0. The normalized spacial score (nSPS) is 12.0. The lowest BCUT2D eigenvalue weighted by molar-refractivity contribution is 0.669. The highest BCUT2D eigenvalue weighted by Crippen LogP contribution is 2.41. The van der Waals surface area contributed by atoms with Gasteiger partial charge in [0.25, 0.3) is 0 Å². The topological polar surface area (TPSA) is 16.4 Å². The summed E-state index contributed by atoms with van der Waals surface area (Å²) in [5, 5.41) is 8.84. The lowest BCUT2D eigenvalue weighted by Gasteiger charge is -2.29. The second-order valence-corrected chi connectivity index (χ2v) is 14.3. The fraction of sp³-hybridized carbons (Fsp3) is 0. The molecule has 10 rings (SSSR count). The zero-order chi connectivity index (χ0) is 37.6. The molecule has 0 aliphatic carbocycles. The Morgan fingerprint density at radius 3 is 1.75 bits per heavy atom. The Morgan fingerprint density at radius 2 is 1.02 bits per heavy atom. The Bertz CT molecular complexity index is 3210. The molecule has 0 saturated heterocycles. The van der Waals surface area contributed by atoms with Crippen LogP contribution in [-0.4, -0.2) is 0 Å². The van der Waals surface area contributed by atoms with Gasteiger partial charge in [-0.25, -0.2) is 0 Å². The van der Waals surface area contributed by atoms with Gasteiger partial charge in [0.2, 0.25) is 0 Å². The summed E-state index contributed by atoms with van der Waals surface area (Å²) in [6, 6.07) is 68.9. The fourth-order valence-corrected chi connectivity index (χ4v) is 8.14. The van der Waals surface area contributed by atoms with E-state index in [4.69, 9.17) is 4.42 Å². The van der Waals surface area contributed by atoms with Crippen LogP contribution < -0.4 is 15.3 Å². The highest BCUT2D eigenvalue weighted by molar-refractivity contribution is 6.11. The summed E-state index contributed by atoms with van der Waals surface area (Å²) in [6.45, 7) is 9.03. The molecule has 56 heavy (non-hydrogen) atoms. The van der Waals surface area contributed by atoms with Crippen molar-refractivity contribution in [2.75, 3.05) is 4.90 Å². The van der Waals surface area contributed by atoms with Crippen molar-refractivity contribution in [3.8, 4) is 33.4 Å². The standard InChI is InChI=1S/C54H37NO/c1-3-51(47-31-27-41-15-9-10-18-46(41)36(47)2)55(45-29-25-40(26-30-45)39-23-21-38(22-24-39)37-13-5-4-6-14-37)52-20-12-11-19-48(52)44-28-32-53-49(34-44)50-33-42-16-7-8-17-43(42)35-54(50)56-53/h3-35H,1-2H2/b51-47+. The molecule has 1 aromatic heterocycles. The van der Waals surface area contributed by atoms with Crippen molar-refractivity contribution in [3.05, 3.63) is 217 Å². The lowest BCUT2D eigenvalue weighted by atomic mass is 9.98. The van der Waals surface area contributed by atoms with Crippen molar-refractivity contribution in [1.82, 2.24) is 0 Å². The SMILES string of the molecule is C=C/C(=c1/ccc2ccccc2c1=C)N(c1ccc(-c2ccc(-c3ccccc3)cc2)cc1)c1ccccc1-c1ccc2oc3cc4ccccc4cc3c2c1. The second-order valence-electron chi connectivity index (χ2n) is 14.3. The average molecular weight is 716 g/mol. The largest absolute Gasteiger partial charge is 0.456 e. The number of benzene rings is 9. The average Bonchev–Trinajstić information content (AvgIpc) is 3.62. The molecule has 2 nitrogen and oxygen atoms in total. The van der Waals surface area contributed by atoms with E-state index in [1.165, 1.54) is 27.5 Å². The van der Waals surface area contributed by atoms with E-state index in [0.717, 1.165) is 76.9 Å². The predicted octanol–water partition coefficient (Wildman–Crippen LogP) is 13.4. The lowest BCUT2D eigenvalue weighted by Crippen LogP contribution is -2.32. The Balaban J connectivity index is 1.14. The van der Waals surface area contributed by atoms with Gasteiger partial charge in [-0.2, -0.15) is 0 Å². The van der Waals surface area contributed by atoms with Crippen LogP contribution in [0.4, 0.5) is 11.4 Å². The van der Waals surface area contributed by atoms with Gasteiger partial charge in [-0.05, 0) is 103 Å². The minimum atomic E-state index is 0.872. The fourth-order valence-electron chi connectivity index (χ4n) is 8.14. The van der Waals surface area contributed by atoms with E-state index in [2.05, 4.69) is 212 Å². The van der Waals surface area contributed by atoms with Gasteiger partial charge in [-0.1, -0.05) is 165 Å². The Hall–Kier alpha value is -7.42. The number of anilines is 2. The smallest absolute Gasteiger partial charge is 0.136 e. The molecule has 0 fully saturated rings. The number of fused-ring (bicyclic) bond motifs is 5. The molecule has 1 heterocycles. The zero-order valence-corrected chi connectivity index (χ0v) is 30.8. The first-order chi connectivity index (χ1) is 27.6. The van der Waals surface area contributed by atoms with Crippen LogP contribution in [-0.2, 0) is 0 Å². The van der Waals surface area contributed by atoms with E-state index in [1.807, 2.05) is 6.08 Å². The van der Waals surface area contributed by atoms with Crippen LogP contribution in [0, 0.1) is 0 Å². The minimum absolute atomic E-state index is 0.872. The summed E-state index contributed by atoms with van der Waals surface area (Å²) in [4.78, 5) is 2.33. The predicted molar refractivity (Wildman–Crippen MR) is 238 cm³/mol. The second kappa shape index (κ2) is 13.8. The summed E-state index contributed by atoms with van der Waals surface area (Å²) < 4.78 is 6.40. The third-order valence-electron chi connectivity index (χ3n) is 11.0. The molecule has 0 unspecified atom stereocenters. The van der Waals surface area contributed by atoms with Crippen molar-refractivity contribution in [3.63, 3.8) is 0 Å². The van der Waals surface area contributed by atoms with Crippen LogP contribution in [0.3, 0.4) is 0 Å². The van der Waals surface area contributed by atoms with Crippen molar-refractivity contribution in [2.24, 2.45) is 0 Å². The summed E-state index contributed by atoms with van der Waals surface area (Å²) in [6.07, 6.45) is 1.96. The molecule has 0 spiro atoms. The third-order valence-corrected chi connectivity index (χ3v) is 11.0. The number of hydrogen-bond acceptors (Lipinski definition) is 2. The maximum Gasteiger partial charge on any atom is 0.136 e. The monoisotopic (exact) mass is 715 g/mol. The number of nitrogens with zero attached hydrogens (tertiary/aromatic N) is 1. The Morgan fingerprint density at radius 1 is 0.446 bits per heavy atom. The van der Waals surface area contributed by atoms with Crippen LogP contribution in [0.2, 0.25) is 0 Å². The molecule has 0 N–H and O–H groups in total. The van der Waals surface area contributed by atoms with Gasteiger partial charge in [0.05, 0.1) is 11.4 Å².